The zero-order valence-corrected chi connectivity index (χ0v) is 9.76. The number of hydrogen-bond acceptors (Lipinski definition) is 3. The first-order valence-electron chi connectivity index (χ1n) is 5.51. The Kier molecular flexibility index (Phi) is 3.35. The Morgan fingerprint density at radius 1 is 1.29 bits per heavy atom. The molecule has 0 radical (unpaired) electrons. The average Bonchev–Trinajstić information content (AvgIpc) is 2.33. The van der Waals surface area contributed by atoms with Crippen molar-refractivity contribution in [1.82, 2.24) is 9.78 Å². The van der Waals surface area contributed by atoms with Gasteiger partial charge in [0.05, 0.1) is 12.7 Å². The Morgan fingerprint density at radius 3 is 2.65 bits per heavy atom. The van der Waals surface area contributed by atoms with Crippen LogP contribution in [-0.2, 0) is 13.1 Å². The molecule has 0 aliphatic rings. The minimum atomic E-state index is -0.0863. The van der Waals surface area contributed by atoms with Crippen molar-refractivity contribution in [2.75, 3.05) is 0 Å². The van der Waals surface area contributed by atoms with E-state index in [2.05, 4.69) is 5.10 Å². The molecule has 0 amide bonds. The maximum Gasteiger partial charge on any atom is 0.267 e. The van der Waals surface area contributed by atoms with E-state index in [-0.39, 0.29) is 5.56 Å². The van der Waals surface area contributed by atoms with Crippen LogP contribution in [0.3, 0.4) is 0 Å². The van der Waals surface area contributed by atoms with Gasteiger partial charge >= 0.3 is 0 Å². The first-order valence-corrected chi connectivity index (χ1v) is 5.51. The second-order valence-electron chi connectivity index (χ2n) is 4.00. The summed E-state index contributed by atoms with van der Waals surface area (Å²) in [5, 5.41) is 4.11. The molecular weight excluding hydrogens is 214 g/mol. The van der Waals surface area contributed by atoms with Gasteiger partial charge in [-0.3, -0.25) is 4.79 Å². The SMILES string of the molecule is Cc1cnn(Cc2ccccc2CN)c(=O)c1. The van der Waals surface area contributed by atoms with Gasteiger partial charge in [0.25, 0.3) is 5.56 Å². The lowest BCUT2D eigenvalue weighted by molar-refractivity contribution is 0.632. The summed E-state index contributed by atoms with van der Waals surface area (Å²) < 4.78 is 1.45. The van der Waals surface area contributed by atoms with E-state index in [1.165, 1.54) is 4.68 Å². The lowest BCUT2D eigenvalue weighted by Gasteiger charge is -2.08. The van der Waals surface area contributed by atoms with Crippen molar-refractivity contribution in [2.45, 2.75) is 20.0 Å². The van der Waals surface area contributed by atoms with Gasteiger partial charge in [-0.25, -0.2) is 4.68 Å². The van der Waals surface area contributed by atoms with Crippen LogP contribution < -0.4 is 11.3 Å². The Labute approximate surface area is 99.7 Å². The Morgan fingerprint density at radius 2 is 2.00 bits per heavy atom. The van der Waals surface area contributed by atoms with Gasteiger partial charge in [-0.2, -0.15) is 5.10 Å². The maximum absolute atomic E-state index is 11.7. The summed E-state index contributed by atoms with van der Waals surface area (Å²) in [5.74, 6) is 0. The van der Waals surface area contributed by atoms with Crippen molar-refractivity contribution in [3.63, 3.8) is 0 Å². The Hall–Kier alpha value is -1.94. The molecule has 2 rings (SSSR count). The molecule has 0 saturated heterocycles. The van der Waals surface area contributed by atoms with Crippen LogP contribution in [0.5, 0.6) is 0 Å². The Balaban J connectivity index is 2.35. The van der Waals surface area contributed by atoms with E-state index in [0.29, 0.717) is 13.1 Å². The standard InChI is InChI=1S/C13H15N3O/c1-10-6-13(17)16(15-8-10)9-12-5-3-2-4-11(12)7-14/h2-6,8H,7,9,14H2,1H3. The fraction of sp³-hybridized carbons (Fsp3) is 0.231. The van der Waals surface area contributed by atoms with Crippen molar-refractivity contribution in [3.8, 4) is 0 Å². The van der Waals surface area contributed by atoms with Crippen molar-refractivity contribution in [1.29, 1.82) is 0 Å². The predicted octanol–water partition coefficient (Wildman–Crippen LogP) is 1.06. The van der Waals surface area contributed by atoms with Crippen molar-refractivity contribution >= 4 is 0 Å². The summed E-state index contributed by atoms with van der Waals surface area (Å²) in [4.78, 5) is 11.7. The number of aryl methyl sites for hydroxylation is 1. The molecule has 88 valence electrons. The number of nitrogens with two attached hydrogens (primary N) is 1. The second kappa shape index (κ2) is 4.93. The molecule has 0 unspecified atom stereocenters. The molecule has 0 atom stereocenters. The number of aromatic nitrogens is 2. The molecule has 4 nitrogen and oxygen atoms in total. The third-order valence-corrected chi connectivity index (χ3v) is 2.66. The van der Waals surface area contributed by atoms with Gasteiger partial charge in [-0.05, 0) is 23.6 Å². The van der Waals surface area contributed by atoms with Gasteiger partial charge in [0.15, 0.2) is 0 Å². The fourth-order valence-electron chi connectivity index (χ4n) is 1.72. The Bertz CT molecular complexity index is 575. The molecule has 17 heavy (non-hydrogen) atoms. The molecular formula is C13H15N3O. The van der Waals surface area contributed by atoms with Crippen molar-refractivity contribution in [2.24, 2.45) is 5.73 Å². The monoisotopic (exact) mass is 229 g/mol. The van der Waals surface area contributed by atoms with Crippen LogP contribution in [0.25, 0.3) is 0 Å². The normalized spacial score (nSPS) is 10.5. The van der Waals surface area contributed by atoms with Crippen LogP contribution in [0.15, 0.2) is 41.3 Å². The van der Waals surface area contributed by atoms with Gasteiger partial charge in [0.2, 0.25) is 0 Å². The van der Waals surface area contributed by atoms with Crippen LogP contribution in [0.4, 0.5) is 0 Å². The van der Waals surface area contributed by atoms with E-state index in [1.807, 2.05) is 31.2 Å². The first-order chi connectivity index (χ1) is 8.20. The summed E-state index contributed by atoms with van der Waals surface area (Å²) in [6, 6.07) is 9.40. The summed E-state index contributed by atoms with van der Waals surface area (Å²) >= 11 is 0. The lowest BCUT2D eigenvalue weighted by atomic mass is 10.1. The van der Waals surface area contributed by atoms with Gasteiger partial charge < -0.3 is 5.73 Å². The van der Waals surface area contributed by atoms with Crippen LogP contribution in [-0.4, -0.2) is 9.78 Å². The molecule has 0 fully saturated rings. The fourth-order valence-corrected chi connectivity index (χ4v) is 1.72. The third kappa shape index (κ3) is 2.60. The quantitative estimate of drug-likeness (QED) is 0.856. The zero-order valence-electron chi connectivity index (χ0n) is 9.76. The van der Waals surface area contributed by atoms with Crippen molar-refractivity contribution < 1.29 is 0 Å². The van der Waals surface area contributed by atoms with Crippen LogP contribution in [0.1, 0.15) is 16.7 Å². The molecule has 0 aliphatic carbocycles. The van der Waals surface area contributed by atoms with E-state index in [0.717, 1.165) is 16.7 Å². The van der Waals surface area contributed by atoms with Crippen LogP contribution in [0.2, 0.25) is 0 Å². The van der Waals surface area contributed by atoms with E-state index in [1.54, 1.807) is 12.3 Å². The van der Waals surface area contributed by atoms with Gasteiger partial charge in [0.1, 0.15) is 0 Å². The molecule has 4 heteroatoms. The van der Waals surface area contributed by atoms with E-state index in [9.17, 15) is 4.79 Å². The van der Waals surface area contributed by atoms with E-state index >= 15 is 0 Å². The van der Waals surface area contributed by atoms with E-state index in [4.69, 9.17) is 5.73 Å². The highest BCUT2D eigenvalue weighted by Gasteiger charge is 2.03. The molecule has 0 spiro atoms. The zero-order chi connectivity index (χ0) is 12.3. The minimum Gasteiger partial charge on any atom is -0.326 e. The number of benzene rings is 1. The average molecular weight is 229 g/mol. The van der Waals surface area contributed by atoms with Crippen molar-refractivity contribution in [3.05, 3.63) is 63.6 Å². The summed E-state index contributed by atoms with van der Waals surface area (Å²) in [5.41, 5.74) is 8.52. The smallest absolute Gasteiger partial charge is 0.267 e. The molecule has 0 aliphatic heterocycles. The molecule has 2 N–H and O–H groups in total. The molecule has 1 aromatic heterocycles. The highest BCUT2D eigenvalue weighted by atomic mass is 16.1. The molecule has 0 bridgehead atoms. The summed E-state index contributed by atoms with van der Waals surface area (Å²) in [7, 11) is 0. The van der Waals surface area contributed by atoms with Crippen LogP contribution >= 0.6 is 0 Å². The van der Waals surface area contributed by atoms with Gasteiger partial charge in [-0.15, -0.1) is 0 Å². The number of nitrogens with zero attached hydrogens (tertiary/aromatic N) is 2. The number of hydrogen-bond donors (Lipinski definition) is 1. The first kappa shape index (κ1) is 11.5. The summed E-state index contributed by atoms with van der Waals surface area (Å²) in [6.07, 6.45) is 1.69. The topological polar surface area (TPSA) is 60.9 Å². The minimum absolute atomic E-state index is 0.0863. The highest BCUT2D eigenvalue weighted by Crippen LogP contribution is 2.08. The van der Waals surface area contributed by atoms with Gasteiger partial charge in [0, 0.05) is 12.6 Å². The van der Waals surface area contributed by atoms with Crippen LogP contribution in [0, 0.1) is 6.92 Å². The summed E-state index contributed by atoms with van der Waals surface area (Å²) in [6.45, 7) is 2.79. The highest BCUT2D eigenvalue weighted by molar-refractivity contribution is 5.27. The van der Waals surface area contributed by atoms with Gasteiger partial charge in [-0.1, -0.05) is 24.3 Å². The maximum atomic E-state index is 11.7. The largest absolute Gasteiger partial charge is 0.326 e. The second-order valence-corrected chi connectivity index (χ2v) is 4.00. The molecule has 2 aromatic rings. The van der Waals surface area contributed by atoms with E-state index < -0.39 is 0 Å². The molecule has 1 heterocycles. The molecule has 1 aromatic carbocycles. The third-order valence-electron chi connectivity index (χ3n) is 2.66. The lowest BCUT2D eigenvalue weighted by Crippen LogP contribution is -2.23. The molecule has 0 saturated carbocycles. The predicted molar refractivity (Wildman–Crippen MR) is 66.7 cm³/mol. The number of rotatable bonds is 3.